The normalized spacial score (nSPS) is 23.8. The molecule has 0 heterocycles. The van der Waals surface area contributed by atoms with Crippen LogP contribution in [0.25, 0.3) is 0 Å². The first-order chi connectivity index (χ1) is 5.05. The maximum Gasteiger partial charge on any atom is 0.172 e. The summed E-state index contributed by atoms with van der Waals surface area (Å²) < 4.78 is 22.2. The zero-order chi connectivity index (χ0) is 8.48. The Kier molecular flexibility index (Phi) is 2.18. The molecule has 0 fully saturated rings. The molecule has 1 aliphatic carbocycles. The molecule has 0 N–H and O–H groups in total. The summed E-state index contributed by atoms with van der Waals surface area (Å²) in [4.78, 5) is 0.556. The van der Waals surface area contributed by atoms with Crippen LogP contribution in [0.5, 0.6) is 0 Å². The van der Waals surface area contributed by atoms with Crippen molar-refractivity contribution in [3.63, 3.8) is 0 Å². The van der Waals surface area contributed by atoms with E-state index in [0.29, 0.717) is 4.91 Å². The third-order valence-electron chi connectivity index (χ3n) is 1.84. The average Bonchev–Trinajstić information content (AvgIpc) is 2.31. The second-order valence-corrected chi connectivity index (χ2v) is 4.76. The minimum absolute atomic E-state index is 0.116. The van der Waals surface area contributed by atoms with Crippen molar-refractivity contribution in [1.82, 2.24) is 0 Å². The van der Waals surface area contributed by atoms with Gasteiger partial charge in [0.1, 0.15) is 0 Å². The van der Waals surface area contributed by atoms with E-state index in [4.69, 9.17) is 0 Å². The first-order valence-electron chi connectivity index (χ1n) is 3.64. The van der Waals surface area contributed by atoms with Gasteiger partial charge < -0.3 is 0 Å². The molecule has 0 saturated heterocycles. The first kappa shape index (κ1) is 8.53. The molecule has 0 aromatic carbocycles. The second-order valence-electron chi connectivity index (χ2n) is 2.74. The van der Waals surface area contributed by atoms with E-state index in [0.717, 1.165) is 6.42 Å². The monoisotopic (exact) mass is 172 g/mol. The third kappa shape index (κ3) is 1.71. The van der Waals surface area contributed by atoms with Gasteiger partial charge in [-0.2, -0.15) is 0 Å². The van der Waals surface area contributed by atoms with E-state index in [1.165, 1.54) is 6.26 Å². The summed E-state index contributed by atoms with van der Waals surface area (Å²) in [6.45, 7) is 1.99. The highest BCUT2D eigenvalue weighted by Gasteiger charge is 2.20. The molecule has 0 aliphatic heterocycles. The summed E-state index contributed by atoms with van der Waals surface area (Å²) >= 11 is 0. The molecule has 11 heavy (non-hydrogen) atoms. The highest BCUT2D eigenvalue weighted by Crippen LogP contribution is 2.26. The average molecular weight is 172 g/mol. The summed E-state index contributed by atoms with van der Waals surface area (Å²) in [5, 5.41) is 0. The molecule has 0 aromatic heterocycles. The van der Waals surface area contributed by atoms with Crippen molar-refractivity contribution in [2.75, 3.05) is 6.26 Å². The smallest absolute Gasteiger partial charge is 0.172 e. The van der Waals surface area contributed by atoms with Crippen molar-refractivity contribution in [3.8, 4) is 0 Å². The van der Waals surface area contributed by atoms with Crippen molar-refractivity contribution in [3.05, 3.63) is 23.1 Å². The van der Waals surface area contributed by atoms with Crippen molar-refractivity contribution in [2.45, 2.75) is 13.3 Å². The van der Waals surface area contributed by atoms with Crippen molar-refractivity contribution in [2.24, 2.45) is 5.92 Å². The zero-order valence-electron chi connectivity index (χ0n) is 6.74. The first-order valence-corrected chi connectivity index (χ1v) is 5.53. The quantitative estimate of drug-likeness (QED) is 0.632. The number of rotatable bonds is 2. The summed E-state index contributed by atoms with van der Waals surface area (Å²) in [5.74, 6) is 0.116. The van der Waals surface area contributed by atoms with Crippen molar-refractivity contribution in [1.29, 1.82) is 0 Å². The molecular formula is C8H12O2S. The fraction of sp³-hybridized carbons (Fsp3) is 0.500. The van der Waals surface area contributed by atoms with Gasteiger partial charge in [-0.05, 0) is 12.5 Å². The molecule has 0 saturated carbocycles. The van der Waals surface area contributed by atoms with E-state index in [9.17, 15) is 8.42 Å². The predicted octanol–water partition coefficient (Wildman–Crippen LogP) is 1.51. The van der Waals surface area contributed by atoms with Crippen LogP contribution >= 0.6 is 0 Å². The second kappa shape index (κ2) is 2.81. The molecule has 3 heteroatoms. The van der Waals surface area contributed by atoms with Gasteiger partial charge >= 0.3 is 0 Å². The standard InChI is InChI=1S/C8H12O2S/c1-3-7-5-4-6-8(7)11(2,9)10/h4-7H,3H2,1-2H3. The Balaban J connectivity index is 2.94. The Labute approximate surface area is 67.5 Å². The molecule has 1 rings (SSSR count). The largest absolute Gasteiger partial charge is 0.224 e. The SMILES string of the molecule is CCC1C=CC=C1S(C)(=O)=O. The minimum atomic E-state index is -2.97. The lowest BCUT2D eigenvalue weighted by atomic mass is 10.1. The highest BCUT2D eigenvalue weighted by molar-refractivity contribution is 7.94. The van der Waals surface area contributed by atoms with Crippen LogP contribution in [-0.4, -0.2) is 14.7 Å². The summed E-state index contributed by atoms with van der Waals surface area (Å²) in [6.07, 6.45) is 7.54. The molecule has 0 spiro atoms. The van der Waals surface area contributed by atoms with Gasteiger partial charge in [-0.1, -0.05) is 19.1 Å². The number of hydrogen-bond donors (Lipinski definition) is 0. The number of allylic oxidation sites excluding steroid dienone is 4. The Bertz CT molecular complexity index is 296. The van der Waals surface area contributed by atoms with Gasteiger partial charge in [0.15, 0.2) is 9.84 Å². The molecule has 0 bridgehead atoms. The maximum absolute atomic E-state index is 11.1. The van der Waals surface area contributed by atoms with Gasteiger partial charge in [0.05, 0.1) is 4.91 Å². The molecule has 2 nitrogen and oxygen atoms in total. The van der Waals surface area contributed by atoms with Gasteiger partial charge in [0.2, 0.25) is 0 Å². The van der Waals surface area contributed by atoms with E-state index in [2.05, 4.69) is 0 Å². The lowest BCUT2D eigenvalue weighted by Crippen LogP contribution is -2.07. The van der Waals surface area contributed by atoms with Crippen LogP contribution in [0, 0.1) is 5.92 Å². The van der Waals surface area contributed by atoms with Crippen LogP contribution < -0.4 is 0 Å². The van der Waals surface area contributed by atoms with Gasteiger partial charge in [0.25, 0.3) is 0 Å². The Morgan fingerprint density at radius 3 is 2.55 bits per heavy atom. The predicted molar refractivity (Wildman–Crippen MR) is 45.8 cm³/mol. The third-order valence-corrected chi connectivity index (χ3v) is 3.13. The summed E-state index contributed by atoms with van der Waals surface area (Å²) in [7, 11) is -2.97. The molecular weight excluding hydrogens is 160 g/mol. The minimum Gasteiger partial charge on any atom is -0.224 e. The Morgan fingerprint density at radius 2 is 2.18 bits per heavy atom. The fourth-order valence-corrected chi connectivity index (χ4v) is 2.36. The number of hydrogen-bond acceptors (Lipinski definition) is 2. The van der Waals surface area contributed by atoms with Crippen LogP contribution in [0.15, 0.2) is 23.1 Å². The van der Waals surface area contributed by atoms with Crippen LogP contribution in [0.3, 0.4) is 0 Å². The Morgan fingerprint density at radius 1 is 1.55 bits per heavy atom. The number of sulfone groups is 1. The van der Waals surface area contributed by atoms with E-state index < -0.39 is 9.84 Å². The van der Waals surface area contributed by atoms with Crippen LogP contribution in [0.2, 0.25) is 0 Å². The molecule has 0 aromatic rings. The topological polar surface area (TPSA) is 34.1 Å². The van der Waals surface area contributed by atoms with Crippen molar-refractivity contribution < 1.29 is 8.42 Å². The molecule has 1 aliphatic rings. The van der Waals surface area contributed by atoms with Crippen molar-refractivity contribution >= 4 is 9.84 Å². The van der Waals surface area contributed by atoms with E-state index in [1.54, 1.807) is 6.08 Å². The molecule has 0 radical (unpaired) electrons. The maximum atomic E-state index is 11.1. The van der Waals surface area contributed by atoms with Gasteiger partial charge in [0, 0.05) is 12.2 Å². The molecule has 62 valence electrons. The fourth-order valence-electron chi connectivity index (χ4n) is 1.24. The van der Waals surface area contributed by atoms with Gasteiger partial charge in [-0.25, -0.2) is 8.42 Å². The molecule has 1 unspecified atom stereocenters. The van der Waals surface area contributed by atoms with E-state index in [-0.39, 0.29) is 5.92 Å². The lowest BCUT2D eigenvalue weighted by molar-refractivity contribution is 0.600. The van der Waals surface area contributed by atoms with Crippen LogP contribution in [0.4, 0.5) is 0 Å². The summed E-state index contributed by atoms with van der Waals surface area (Å²) in [6, 6.07) is 0. The van der Waals surface area contributed by atoms with Crippen LogP contribution in [0.1, 0.15) is 13.3 Å². The summed E-state index contributed by atoms with van der Waals surface area (Å²) in [5.41, 5.74) is 0. The van der Waals surface area contributed by atoms with Crippen LogP contribution in [-0.2, 0) is 9.84 Å². The molecule has 1 atom stereocenters. The zero-order valence-corrected chi connectivity index (χ0v) is 7.56. The molecule has 0 amide bonds. The van der Waals surface area contributed by atoms with Gasteiger partial charge in [-0.3, -0.25) is 0 Å². The lowest BCUT2D eigenvalue weighted by Gasteiger charge is -2.07. The van der Waals surface area contributed by atoms with Gasteiger partial charge in [-0.15, -0.1) is 0 Å². The van der Waals surface area contributed by atoms with E-state index in [1.807, 2.05) is 19.1 Å². The Hall–Kier alpha value is -0.570. The van der Waals surface area contributed by atoms with E-state index >= 15 is 0 Å². The highest BCUT2D eigenvalue weighted by atomic mass is 32.2.